The predicted molar refractivity (Wildman–Crippen MR) is 127 cm³/mol. The molecule has 0 fully saturated rings. The van der Waals surface area contributed by atoms with E-state index >= 15 is 0 Å². The molecular formula is C23H18BrN5O3S. The van der Waals surface area contributed by atoms with Gasteiger partial charge in [0.15, 0.2) is 0 Å². The maximum atomic E-state index is 12.3. The number of amides is 1. The normalized spacial score (nSPS) is 11.1. The molecule has 0 bridgehead atoms. The van der Waals surface area contributed by atoms with Gasteiger partial charge in [0.1, 0.15) is 11.4 Å². The van der Waals surface area contributed by atoms with Gasteiger partial charge in [-0.2, -0.15) is 9.67 Å². The van der Waals surface area contributed by atoms with Gasteiger partial charge in [-0.05, 0) is 65.9 Å². The summed E-state index contributed by atoms with van der Waals surface area (Å²) in [6, 6.07) is 21.5. The molecule has 3 N–H and O–H groups in total. The number of hydrogen-bond donors (Lipinski definition) is 3. The van der Waals surface area contributed by atoms with Crippen LogP contribution in [0.1, 0.15) is 5.56 Å². The van der Waals surface area contributed by atoms with Gasteiger partial charge < -0.3 is 10.2 Å². The lowest BCUT2D eigenvalue weighted by atomic mass is 10.2. The third-order valence-corrected chi connectivity index (χ3v) is 5.99. The van der Waals surface area contributed by atoms with E-state index < -0.39 is 0 Å². The van der Waals surface area contributed by atoms with E-state index in [2.05, 4.69) is 36.7 Å². The number of rotatable bonds is 7. The first kappa shape index (κ1) is 22.6. The Labute approximate surface area is 202 Å². The van der Waals surface area contributed by atoms with Crippen molar-refractivity contribution >= 4 is 39.8 Å². The Balaban J connectivity index is 1.49. The number of hydrazone groups is 1. The van der Waals surface area contributed by atoms with Crippen molar-refractivity contribution in [3.05, 3.63) is 82.8 Å². The van der Waals surface area contributed by atoms with Crippen LogP contribution in [0.15, 0.2) is 87.5 Å². The number of phenols is 1. The van der Waals surface area contributed by atoms with E-state index in [9.17, 15) is 15.0 Å². The van der Waals surface area contributed by atoms with Gasteiger partial charge in [-0.3, -0.25) is 4.79 Å². The van der Waals surface area contributed by atoms with Gasteiger partial charge in [0.05, 0.1) is 22.6 Å². The fourth-order valence-corrected chi connectivity index (χ4v) is 4.00. The van der Waals surface area contributed by atoms with Gasteiger partial charge in [-0.1, -0.05) is 45.9 Å². The number of phenolic OH excluding ortho intramolecular Hbond substituents is 1. The zero-order chi connectivity index (χ0) is 23.2. The maximum absolute atomic E-state index is 12.3. The zero-order valence-corrected chi connectivity index (χ0v) is 19.5. The fraction of sp³-hybridized carbons (Fsp3) is 0.0435. The van der Waals surface area contributed by atoms with E-state index in [4.69, 9.17) is 0 Å². The van der Waals surface area contributed by atoms with E-state index in [0.29, 0.717) is 5.16 Å². The highest BCUT2D eigenvalue weighted by atomic mass is 79.9. The summed E-state index contributed by atoms with van der Waals surface area (Å²) in [5, 5.41) is 33.0. The molecule has 0 spiro atoms. The molecule has 0 radical (unpaired) electrons. The topological polar surface area (TPSA) is 117 Å². The van der Waals surface area contributed by atoms with Crippen LogP contribution in [0.3, 0.4) is 0 Å². The molecule has 3 aromatic carbocycles. The lowest BCUT2D eigenvalue weighted by Crippen LogP contribution is -2.34. The first-order valence-corrected chi connectivity index (χ1v) is 11.6. The quantitative estimate of drug-likeness (QED) is 0.149. The van der Waals surface area contributed by atoms with Crippen LogP contribution in [-0.2, 0) is 4.79 Å². The van der Waals surface area contributed by atoms with Crippen LogP contribution >= 0.6 is 27.7 Å². The molecule has 1 amide bonds. The summed E-state index contributed by atoms with van der Waals surface area (Å²) in [7, 11) is 0. The highest BCUT2D eigenvalue weighted by molar-refractivity contribution is 9.10. The zero-order valence-electron chi connectivity index (χ0n) is 17.1. The van der Waals surface area contributed by atoms with Crippen LogP contribution < -0.4 is 15.1 Å². The van der Waals surface area contributed by atoms with E-state index in [1.165, 1.54) is 30.1 Å². The molecule has 0 aliphatic rings. The molecule has 33 heavy (non-hydrogen) atoms. The summed E-state index contributed by atoms with van der Waals surface area (Å²) in [6.07, 6.45) is 1.24. The minimum Gasteiger partial charge on any atom is -0.872 e. The Hall–Kier alpha value is -3.63. The molecule has 1 heterocycles. The van der Waals surface area contributed by atoms with Crippen LogP contribution in [0.4, 0.5) is 0 Å². The van der Waals surface area contributed by atoms with Crippen molar-refractivity contribution in [2.24, 2.45) is 5.10 Å². The summed E-state index contributed by atoms with van der Waals surface area (Å²) < 4.78 is 2.90. The summed E-state index contributed by atoms with van der Waals surface area (Å²) in [5.41, 5.74) is 4.51. The van der Waals surface area contributed by atoms with Gasteiger partial charge in [0.2, 0.25) is 0 Å². The summed E-state index contributed by atoms with van der Waals surface area (Å²) in [4.78, 5) is 12.3. The fourth-order valence-electron chi connectivity index (χ4n) is 2.98. The summed E-state index contributed by atoms with van der Waals surface area (Å²) in [6.45, 7) is 0. The number of halogens is 1. The molecule has 10 heteroatoms. The molecule has 0 aliphatic heterocycles. The Kier molecular flexibility index (Phi) is 7.06. The molecular weight excluding hydrogens is 506 g/mol. The molecule has 4 aromatic rings. The Morgan fingerprint density at radius 1 is 1.18 bits per heavy atom. The Bertz CT molecular complexity index is 1290. The maximum Gasteiger partial charge on any atom is 0.342 e. The van der Waals surface area contributed by atoms with E-state index in [0.717, 1.165) is 27.6 Å². The number of aromatic hydroxyl groups is 1. The third kappa shape index (κ3) is 5.60. The molecule has 0 unspecified atom stereocenters. The second-order valence-electron chi connectivity index (χ2n) is 6.84. The molecule has 0 aliphatic carbocycles. The molecule has 4 rings (SSSR count). The molecule has 0 saturated heterocycles. The van der Waals surface area contributed by atoms with E-state index in [1.54, 1.807) is 0 Å². The second-order valence-corrected chi connectivity index (χ2v) is 8.69. The molecule has 8 nitrogen and oxygen atoms in total. The highest BCUT2D eigenvalue weighted by Gasteiger charge is 2.24. The number of hydrogen-bond acceptors (Lipinski definition) is 6. The van der Waals surface area contributed by atoms with Crippen molar-refractivity contribution < 1.29 is 19.6 Å². The number of aromatic amines is 1. The van der Waals surface area contributed by atoms with Crippen LogP contribution in [-0.4, -0.2) is 33.2 Å². The smallest absolute Gasteiger partial charge is 0.342 e. The monoisotopic (exact) mass is 523 g/mol. The van der Waals surface area contributed by atoms with Crippen molar-refractivity contribution in [1.82, 2.24) is 15.6 Å². The van der Waals surface area contributed by atoms with Crippen LogP contribution in [0.25, 0.3) is 17.1 Å². The lowest BCUT2D eigenvalue weighted by molar-refractivity contribution is -0.625. The number of aromatic nitrogens is 3. The number of nitrogens with one attached hydrogen (secondary N) is 2. The number of carbonyl (C=O) groups is 1. The largest absolute Gasteiger partial charge is 0.872 e. The van der Waals surface area contributed by atoms with Gasteiger partial charge >= 0.3 is 5.16 Å². The number of benzene rings is 3. The van der Waals surface area contributed by atoms with Crippen molar-refractivity contribution in [3.8, 4) is 28.6 Å². The van der Waals surface area contributed by atoms with Gasteiger partial charge in [0, 0.05) is 4.47 Å². The third-order valence-electron chi connectivity index (χ3n) is 4.53. The van der Waals surface area contributed by atoms with E-state index in [-0.39, 0.29) is 28.7 Å². The van der Waals surface area contributed by atoms with Crippen LogP contribution in [0.5, 0.6) is 11.5 Å². The lowest BCUT2D eigenvalue weighted by Gasteiger charge is -2.09. The van der Waals surface area contributed by atoms with Crippen molar-refractivity contribution in [2.75, 3.05) is 5.75 Å². The molecule has 0 saturated carbocycles. The number of carbonyl (C=O) groups excluding carboxylic acids is 1. The summed E-state index contributed by atoms with van der Waals surface area (Å²) >= 11 is 4.70. The van der Waals surface area contributed by atoms with Crippen molar-refractivity contribution in [3.63, 3.8) is 0 Å². The first-order chi connectivity index (χ1) is 16.0. The first-order valence-electron chi connectivity index (χ1n) is 9.78. The van der Waals surface area contributed by atoms with E-state index in [1.807, 2.05) is 59.2 Å². The second kappa shape index (κ2) is 10.3. The standard InChI is InChI=1S/C23H18BrN5O3S/c24-17-7-9-18(10-8-17)29-22(15-4-2-1-3-5-15)27-28-23(29)33-14-21(32)26-25-13-16-6-11-19(30)12-20(16)31/h1-13H,14H2,(H3,25,26,30,31,32). The van der Waals surface area contributed by atoms with Crippen LogP contribution in [0.2, 0.25) is 0 Å². The number of nitrogens with zero attached hydrogens (tertiary/aromatic N) is 3. The molecule has 0 atom stereocenters. The van der Waals surface area contributed by atoms with Crippen molar-refractivity contribution in [1.29, 1.82) is 0 Å². The van der Waals surface area contributed by atoms with Crippen LogP contribution in [0, 0.1) is 0 Å². The SMILES string of the molecule is O=C(CSc1n[nH]c(-c2ccccc2)[n+]1-c1ccc(Br)cc1)NN=Cc1ccc(O)cc1[O-]. The highest BCUT2D eigenvalue weighted by Crippen LogP contribution is 2.21. The molecule has 166 valence electrons. The summed E-state index contributed by atoms with van der Waals surface area (Å²) in [5.74, 6) is -0.0103. The number of thioether (sulfide) groups is 1. The average Bonchev–Trinajstić information content (AvgIpc) is 3.24. The minimum atomic E-state index is -0.386. The van der Waals surface area contributed by atoms with Crippen molar-refractivity contribution in [2.45, 2.75) is 5.16 Å². The van der Waals surface area contributed by atoms with Gasteiger partial charge in [0.25, 0.3) is 11.7 Å². The Morgan fingerprint density at radius 3 is 2.67 bits per heavy atom. The van der Waals surface area contributed by atoms with Gasteiger partial charge in [-0.15, -0.1) is 5.10 Å². The van der Waals surface area contributed by atoms with Gasteiger partial charge in [-0.25, -0.2) is 5.43 Å². The predicted octanol–water partition coefficient (Wildman–Crippen LogP) is 3.14. The number of H-pyrrole nitrogens is 1. The molecule has 1 aromatic heterocycles. The average molecular weight is 524 g/mol. The Morgan fingerprint density at radius 2 is 1.94 bits per heavy atom. The minimum absolute atomic E-state index is 0.0623.